The van der Waals surface area contributed by atoms with Gasteiger partial charge in [-0.2, -0.15) is 45.5 Å². The van der Waals surface area contributed by atoms with E-state index in [9.17, 15) is 0 Å². The number of hydrogen-bond donors (Lipinski definition) is 0. The van der Waals surface area contributed by atoms with Gasteiger partial charge in [-0.15, -0.1) is 0 Å². The van der Waals surface area contributed by atoms with Gasteiger partial charge in [-0.25, -0.2) is 11.6 Å². The molecule has 0 radical (unpaired) electrons. The predicted octanol–water partition coefficient (Wildman–Crippen LogP) is -1.02. The average Bonchev–Trinajstić information content (AvgIpc) is 2.64. The van der Waals surface area contributed by atoms with Gasteiger partial charge in [0, 0.05) is 0 Å². The Morgan fingerprint density at radius 1 is 0.800 bits per heavy atom. The third-order valence-electron chi connectivity index (χ3n) is 3.69. The van der Waals surface area contributed by atoms with E-state index in [1.165, 1.54) is 38.9 Å². The summed E-state index contributed by atoms with van der Waals surface area (Å²) < 4.78 is 0. The van der Waals surface area contributed by atoms with Crippen molar-refractivity contribution in [1.82, 2.24) is 0 Å². The molecule has 0 aliphatic carbocycles. The van der Waals surface area contributed by atoms with Gasteiger partial charge in [0.1, 0.15) is 0 Å². The van der Waals surface area contributed by atoms with Crippen molar-refractivity contribution in [2.45, 2.75) is 48.5 Å². The number of halogens is 2. The van der Waals surface area contributed by atoms with Crippen molar-refractivity contribution in [2.75, 3.05) is 0 Å². The van der Waals surface area contributed by atoms with Crippen LogP contribution in [0.5, 0.6) is 0 Å². The second kappa shape index (κ2) is 10.8. The van der Waals surface area contributed by atoms with E-state index in [0.29, 0.717) is 0 Å². The van der Waals surface area contributed by atoms with Crippen molar-refractivity contribution >= 4 is 0 Å². The van der Waals surface area contributed by atoms with E-state index in [0.717, 1.165) is 0 Å². The number of rotatable bonds is 0. The van der Waals surface area contributed by atoms with Crippen LogP contribution in [0.4, 0.5) is 0 Å². The van der Waals surface area contributed by atoms with Gasteiger partial charge in [0.2, 0.25) is 0 Å². The summed E-state index contributed by atoms with van der Waals surface area (Å²) in [6, 6.07) is 6.65. The molecule has 110 valence electrons. The van der Waals surface area contributed by atoms with Crippen molar-refractivity contribution in [3.63, 3.8) is 0 Å². The SMILES string of the molecule is Cc1c[c-](C)c(C)c1C.Cc1cc(C)[c-](C)c1.[Cl-].[Cl-].[Zr+4]. The van der Waals surface area contributed by atoms with Crippen LogP contribution in [-0.2, 0) is 26.2 Å². The summed E-state index contributed by atoms with van der Waals surface area (Å²) in [5, 5.41) is 0. The summed E-state index contributed by atoms with van der Waals surface area (Å²) in [5.41, 5.74) is 9.93. The second-order valence-electron chi connectivity index (χ2n) is 5.16. The zero-order valence-electron chi connectivity index (χ0n) is 13.5. The fourth-order valence-corrected chi connectivity index (χ4v) is 2.09. The molecule has 0 bridgehead atoms. The van der Waals surface area contributed by atoms with Crippen molar-refractivity contribution in [3.05, 3.63) is 57.1 Å². The summed E-state index contributed by atoms with van der Waals surface area (Å²) in [6.07, 6.45) is 0. The fraction of sp³-hybridized carbons (Fsp3) is 0.412. The minimum absolute atomic E-state index is 0. The smallest absolute Gasteiger partial charge is 1.00 e. The van der Waals surface area contributed by atoms with E-state index < -0.39 is 0 Å². The molecule has 0 aliphatic rings. The Balaban J connectivity index is -0.000000252. The molecule has 0 unspecified atom stereocenters. The molecule has 0 N–H and O–H groups in total. The zero-order valence-corrected chi connectivity index (χ0v) is 17.5. The molecule has 0 aliphatic heterocycles. The first-order chi connectivity index (χ1) is 7.82. The summed E-state index contributed by atoms with van der Waals surface area (Å²) in [7, 11) is 0. The van der Waals surface area contributed by atoms with E-state index >= 15 is 0 Å². The van der Waals surface area contributed by atoms with Crippen molar-refractivity contribution < 1.29 is 51.0 Å². The van der Waals surface area contributed by atoms with Crippen molar-refractivity contribution in [2.24, 2.45) is 0 Å². The molecule has 0 saturated heterocycles. The third kappa shape index (κ3) is 6.75. The molecule has 0 heterocycles. The van der Waals surface area contributed by atoms with Crippen molar-refractivity contribution in [1.29, 1.82) is 0 Å². The minimum atomic E-state index is 0. The first-order valence-corrected chi connectivity index (χ1v) is 6.23. The molecule has 0 aromatic heterocycles. The van der Waals surface area contributed by atoms with Gasteiger partial charge < -0.3 is 24.8 Å². The molecule has 0 nitrogen and oxygen atoms in total. The first kappa shape index (κ1) is 25.1. The standard InChI is InChI=1S/C9H13.C8H11.2ClH.Zr/c1-6-5-7(2)9(4)8(6)3;1-6-4-7(2)8(3)5-6;;;/h5H,1-4H3;4-5H,1-3H3;2*1H;/q2*-1;;;+4/p-2. The van der Waals surface area contributed by atoms with E-state index in [1.54, 1.807) is 0 Å². The van der Waals surface area contributed by atoms with Crippen LogP contribution in [0.1, 0.15) is 38.9 Å². The third-order valence-corrected chi connectivity index (χ3v) is 3.69. The first-order valence-electron chi connectivity index (χ1n) is 6.23. The van der Waals surface area contributed by atoms with Crippen LogP contribution >= 0.6 is 0 Å². The Labute approximate surface area is 156 Å². The maximum atomic E-state index is 2.24. The number of aryl methyl sites for hydroxylation is 5. The summed E-state index contributed by atoms with van der Waals surface area (Å²) >= 11 is 0. The van der Waals surface area contributed by atoms with Gasteiger partial charge in [-0.1, -0.05) is 48.5 Å². The Kier molecular flexibility index (Phi) is 13.6. The molecule has 20 heavy (non-hydrogen) atoms. The zero-order chi connectivity index (χ0) is 13.2. The maximum absolute atomic E-state index is 2.24. The molecule has 2 aromatic rings. The normalized spacial score (nSPS) is 8.55. The van der Waals surface area contributed by atoms with Gasteiger partial charge in [-0.3, -0.25) is 0 Å². The number of hydrogen-bond acceptors (Lipinski definition) is 0. The van der Waals surface area contributed by atoms with Crippen molar-refractivity contribution in [3.8, 4) is 0 Å². The Morgan fingerprint density at radius 2 is 1.30 bits per heavy atom. The molecular weight excluding hydrogens is 366 g/mol. The van der Waals surface area contributed by atoms with E-state index in [4.69, 9.17) is 0 Å². The van der Waals surface area contributed by atoms with Gasteiger partial charge in [0.25, 0.3) is 0 Å². The maximum Gasteiger partial charge on any atom is 4.00 e. The summed E-state index contributed by atoms with van der Waals surface area (Å²) in [6.45, 7) is 15.1. The Bertz CT molecular complexity index is 465. The van der Waals surface area contributed by atoms with Crippen LogP contribution in [0.3, 0.4) is 0 Å². The topological polar surface area (TPSA) is 0 Å². The molecule has 0 amide bonds. The molecule has 2 rings (SSSR count). The van der Waals surface area contributed by atoms with E-state index in [-0.39, 0.29) is 51.0 Å². The predicted molar refractivity (Wildman–Crippen MR) is 77.2 cm³/mol. The van der Waals surface area contributed by atoms with Gasteiger partial charge in [-0.05, 0) is 0 Å². The Hall–Kier alpha value is 0.163. The molecule has 0 saturated carbocycles. The molecule has 0 atom stereocenters. The Morgan fingerprint density at radius 3 is 1.40 bits per heavy atom. The van der Waals surface area contributed by atoms with Gasteiger partial charge >= 0.3 is 26.2 Å². The molecule has 0 spiro atoms. The monoisotopic (exact) mass is 388 g/mol. The van der Waals surface area contributed by atoms with Crippen LogP contribution in [0.15, 0.2) is 18.2 Å². The average molecular weight is 391 g/mol. The molecule has 2 aromatic carbocycles. The second-order valence-corrected chi connectivity index (χ2v) is 5.16. The largest absolute Gasteiger partial charge is 4.00 e. The molecule has 3 heteroatoms. The van der Waals surface area contributed by atoms with Crippen LogP contribution in [-0.4, -0.2) is 0 Å². The quantitative estimate of drug-likeness (QED) is 0.505. The molecule has 0 fully saturated rings. The van der Waals surface area contributed by atoms with Gasteiger partial charge in [0.15, 0.2) is 0 Å². The van der Waals surface area contributed by atoms with Crippen LogP contribution in [0, 0.1) is 48.5 Å². The van der Waals surface area contributed by atoms with E-state index in [1.807, 2.05) is 0 Å². The molecular formula is C17H24Cl2Zr. The summed E-state index contributed by atoms with van der Waals surface area (Å²) in [5.74, 6) is 0. The minimum Gasteiger partial charge on any atom is -1.00 e. The van der Waals surface area contributed by atoms with Gasteiger partial charge in [0.05, 0.1) is 0 Å². The fourth-order valence-electron chi connectivity index (χ4n) is 2.09. The van der Waals surface area contributed by atoms with Crippen LogP contribution in [0.25, 0.3) is 0 Å². The van der Waals surface area contributed by atoms with E-state index in [2.05, 4.69) is 66.7 Å². The van der Waals surface area contributed by atoms with Crippen LogP contribution < -0.4 is 24.8 Å². The summed E-state index contributed by atoms with van der Waals surface area (Å²) in [4.78, 5) is 0. The van der Waals surface area contributed by atoms with Crippen LogP contribution in [0.2, 0.25) is 0 Å².